The lowest BCUT2D eigenvalue weighted by Crippen LogP contribution is -2.19. The molecule has 1 aromatic heterocycles. The number of hydrogen-bond donors (Lipinski definition) is 1. The maximum absolute atomic E-state index is 5.53. The first-order valence-corrected chi connectivity index (χ1v) is 6.87. The molecule has 0 amide bonds. The molecule has 19 heavy (non-hydrogen) atoms. The molecule has 1 aliphatic rings. The average Bonchev–Trinajstić information content (AvgIpc) is 2.99. The Hall–Kier alpha value is -1.90. The largest absolute Gasteiger partial charge is 0.493 e. The van der Waals surface area contributed by atoms with Gasteiger partial charge in [0.25, 0.3) is 0 Å². The van der Waals surface area contributed by atoms with E-state index in [1.807, 2.05) is 0 Å². The summed E-state index contributed by atoms with van der Waals surface area (Å²) in [5.74, 6) is 1.06. The van der Waals surface area contributed by atoms with Gasteiger partial charge in [0.05, 0.1) is 6.61 Å². The number of nitrogens with zero attached hydrogens (tertiary/aromatic N) is 1. The van der Waals surface area contributed by atoms with E-state index in [4.69, 9.17) is 4.74 Å². The summed E-state index contributed by atoms with van der Waals surface area (Å²) >= 11 is 0. The summed E-state index contributed by atoms with van der Waals surface area (Å²) in [5.41, 5.74) is 8.69. The zero-order chi connectivity index (χ0) is 13.2. The van der Waals surface area contributed by atoms with Crippen LogP contribution in [0.25, 0.3) is 0 Å². The maximum atomic E-state index is 5.53. The minimum atomic E-state index is 0.832. The third-order valence-electron chi connectivity index (χ3n) is 3.71. The number of ether oxygens (including phenoxy) is 1. The van der Waals surface area contributed by atoms with E-state index in [0.29, 0.717) is 0 Å². The molecule has 0 aliphatic carbocycles. The fourth-order valence-corrected chi connectivity index (χ4v) is 2.63. The van der Waals surface area contributed by atoms with Gasteiger partial charge in [-0.15, -0.1) is 0 Å². The molecule has 1 N–H and O–H groups in total. The molecule has 3 nitrogen and oxygen atoms in total. The monoisotopic (exact) mass is 256 g/mol. The first-order chi connectivity index (χ1) is 9.24. The molecule has 0 fully saturated rings. The normalized spacial score (nSPS) is 13.2. The van der Waals surface area contributed by atoms with Gasteiger partial charge in [-0.1, -0.05) is 12.1 Å². The van der Waals surface area contributed by atoms with E-state index in [1.165, 1.54) is 22.5 Å². The lowest BCUT2D eigenvalue weighted by molar-refractivity contribution is 0.357. The van der Waals surface area contributed by atoms with Crippen molar-refractivity contribution >= 4 is 0 Å². The fraction of sp³-hybridized carbons (Fsp3) is 0.375. The van der Waals surface area contributed by atoms with Gasteiger partial charge in [-0.05, 0) is 49.6 Å². The minimum absolute atomic E-state index is 0.832. The molecule has 100 valence electrons. The Morgan fingerprint density at radius 1 is 1.16 bits per heavy atom. The molecule has 0 saturated heterocycles. The van der Waals surface area contributed by atoms with Crippen LogP contribution < -0.4 is 10.2 Å². The molecule has 0 saturated carbocycles. The summed E-state index contributed by atoms with van der Waals surface area (Å²) in [4.78, 5) is 0. The fourth-order valence-electron chi connectivity index (χ4n) is 2.63. The standard InChI is InChI=1S/C16H20N2O/c1-12-3-4-13(2)18(12)17-9-7-14-5-6-16-15(11-14)8-10-19-16/h3-6,11,17H,7-10H2,1-2H3. The number of rotatable bonds is 4. The number of aryl methyl sites for hydroxylation is 2. The maximum Gasteiger partial charge on any atom is 0.122 e. The molecular weight excluding hydrogens is 236 g/mol. The van der Waals surface area contributed by atoms with Gasteiger partial charge in [-0.2, -0.15) is 0 Å². The Balaban J connectivity index is 1.61. The van der Waals surface area contributed by atoms with E-state index in [9.17, 15) is 0 Å². The van der Waals surface area contributed by atoms with Crippen molar-refractivity contribution in [2.45, 2.75) is 26.7 Å². The summed E-state index contributed by atoms with van der Waals surface area (Å²) in [6.45, 7) is 6.01. The molecule has 3 rings (SSSR count). The van der Waals surface area contributed by atoms with Crippen LogP contribution >= 0.6 is 0 Å². The van der Waals surface area contributed by atoms with Crippen molar-refractivity contribution < 1.29 is 4.74 Å². The number of fused-ring (bicyclic) bond motifs is 1. The number of nitrogens with one attached hydrogen (secondary N) is 1. The van der Waals surface area contributed by atoms with Crippen molar-refractivity contribution in [1.82, 2.24) is 4.68 Å². The molecule has 0 unspecified atom stereocenters. The Morgan fingerprint density at radius 2 is 1.95 bits per heavy atom. The molecule has 0 radical (unpaired) electrons. The topological polar surface area (TPSA) is 26.2 Å². The average molecular weight is 256 g/mol. The predicted molar refractivity (Wildman–Crippen MR) is 77.5 cm³/mol. The van der Waals surface area contributed by atoms with Gasteiger partial charge in [-0.3, -0.25) is 4.68 Å². The van der Waals surface area contributed by atoms with Crippen molar-refractivity contribution in [1.29, 1.82) is 0 Å². The van der Waals surface area contributed by atoms with Crippen LogP contribution in [0, 0.1) is 13.8 Å². The summed E-state index contributed by atoms with van der Waals surface area (Å²) in [6, 6.07) is 10.8. The third kappa shape index (κ3) is 2.46. The van der Waals surface area contributed by atoms with Crippen LogP contribution in [0.4, 0.5) is 0 Å². The molecule has 1 aliphatic heterocycles. The summed E-state index contributed by atoms with van der Waals surface area (Å²) < 4.78 is 7.68. The minimum Gasteiger partial charge on any atom is -0.493 e. The van der Waals surface area contributed by atoms with Crippen molar-refractivity contribution in [3.05, 3.63) is 52.8 Å². The van der Waals surface area contributed by atoms with Crippen LogP contribution in [0.15, 0.2) is 30.3 Å². The highest BCUT2D eigenvalue weighted by Gasteiger charge is 2.11. The van der Waals surface area contributed by atoms with Crippen molar-refractivity contribution in [2.75, 3.05) is 18.6 Å². The van der Waals surface area contributed by atoms with E-state index in [1.54, 1.807) is 0 Å². The highest BCUT2D eigenvalue weighted by molar-refractivity contribution is 5.39. The molecule has 2 aromatic rings. The van der Waals surface area contributed by atoms with Crippen LogP contribution in [-0.4, -0.2) is 17.8 Å². The quantitative estimate of drug-likeness (QED) is 0.910. The van der Waals surface area contributed by atoms with Crippen LogP contribution in [0.2, 0.25) is 0 Å². The first-order valence-electron chi connectivity index (χ1n) is 6.87. The number of aromatic nitrogens is 1. The van der Waals surface area contributed by atoms with E-state index in [2.05, 4.69) is 54.3 Å². The second kappa shape index (κ2) is 5.00. The Morgan fingerprint density at radius 3 is 2.74 bits per heavy atom. The Kier molecular flexibility index (Phi) is 3.20. The Labute approximate surface area is 114 Å². The molecule has 0 spiro atoms. The summed E-state index contributed by atoms with van der Waals surface area (Å²) in [7, 11) is 0. The summed E-state index contributed by atoms with van der Waals surface area (Å²) in [5, 5.41) is 0. The lowest BCUT2D eigenvalue weighted by atomic mass is 10.1. The van der Waals surface area contributed by atoms with Crippen LogP contribution in [0.1, 0.15) is 22.5 Å². The SMILES string of the molecule is Cc1ccc(C)n1NCCc1ccc2c(c1)CCO2. The number of hydrogen-bond acceptors (Lipinski definition) is 2. The number of benzene rings is 1. The highest BCUT2D eigenvalue weighted by atomic mass is 16.5. The first kappa shape index (κ1) is 12.2. The van der Waals surface area contributed by atoms with E-state index >= 15 is 0 Å². The molecule has 3 heteroatoms. The lowest BCUT2D eigenvalue weighted by Gasteiger charge is -2.12. The Bertz CT molecular complexity index is 567. The van der Waals surface area contributed by atoms with Gasteiger partial charge in [0.2, 0.25) is 0 Å². The van der Waals surface area contributed by atoms with Gasteiger partial charge < -0.3 is 10.2 Å². The van der Waals surface area contributed by atoms with Gasteiger partial charge >= 0.3 is 0 Å². The van der Waals surface area contributed by atoms with Crippen LogP contribution in [0.5, 0.6) is 5.75 Å². The smallest absolute Gasteiger partial charge is 0.122 e. The molecular formula is C16H20N2O. The van der Waals surface area contributed by atoms with Crippen molar-refractivity contribution in [3.8, 4) is 5.75 Å². The third-order valence-corrected chi connectivity index (χ3v) is 3.71. The molecule has 0 bridgehead atoms. The molecule has 0 atom stereocenters. The van der Waals surface area contributed by atoms with Crippen LogP contribution in [0.3, 0.4) is 0 Å². The highest BCUT2D eigenvalue weighted by Crippen LogP contribution is 2.25. The van der Waals surface area contributed by atoms with E-state index < -0.39 is 0 Å². The second-order valence-corrected chi connectivity index (χ2v) is 5.15. The predicted octanol–water partition coefficient (Wildman–Crippen LogP) is 2.83. The van der Waals surface area contributed by atoms with Gasteiger partial charge in [0, 0.05) is 24.4 Å². The zero-order valence-corrected chi connectivity index (χ0v) is 11.6. The second-order valence-electron chi connectivity index (χ2n) is 5.15. The van der Waals surface area contributed by atoms with Gasteiger partial charge in [0.15, 0.2) is 0 Å². The van der Waals surface area contributed by atoms with Crippen LogP contribution in [-0.2, 0) is 12.8 Å². The van der Waals surface area contributed by atoms with E-state index in [0.717, 1.165) is 31.7 Å². The van der Waals surface area contributed by atoms with Gasteiger partial charge in [-0.25, -0.2) is 0 Å². The van der Waals surface area contributed by atoms with Gasteiger partial charge in [0.1, 0.15) is 5.75 Å². The summed E-state index contributed by atoms with van der Waals surface area (Å²) in [6.07, 6.45) is 2.08. The zero-order valence-electron chi connectivity index (χ0n) is 11.6. The van der Waals surface area contributed by atoms with E-state index in [-0.39, 0.29) is 0 Å². The van der Waals surface area contributed by atoms with Crippen molar-refractivity contribution in [2.24, 2.45) is 0 Å². The molecule has 2 heterocycles. The molecule has 1 aromatic carbocycles. The van der Waals surface area contributed by atoms with Crippen molar-refractivity contribution in [3.63, 3.8) is 0 Å².